The lowest BCUT2D eigenvalue weighted by atomic mass is 10.5. The molecule has 0 fully saturated rings. The van der Waals surface area contributed by atoms with Crippen LogP contribution in [0.25, 0.3) is 0 Å². The Kier molecular flexibility index (Phi) is 4.85. The maximum absolute atomic E-state index is 11.7. The lowest BCUT2D eigenvalue weighted by Crippen LogP contribution is -2.15. The van der Waals surface area contributed by atoms with Crippen molar-refractivity contribution >= 4 is 34.1 Å². The van der Waals surface area contributed by atoms with Gasteiger partial charge in [-0.1, -0.05) is 30.0 Å². The number of carbonyl (C=O) groups is 1. The van der Waals surface area contributed by atoms with Crippen LogP contribution < -0.4 is 11.0 Å². The number of aromatic amines is 1. The van der Waals surface area contributed by atoms with Crippen LogP contribution >= 0.6 is 23.1 Å². The summed E-state index contributed by atoms with van der Waals surface area (Å²) in [5.74, 6) is -0.0368. The Morgan fingerprint density at radius 2 is 2.30 bits per heavy atom. The van der Waals surface area contributed by atoms with Crippen molar-refractivity contribution < 1.29 is 4.79 Å². The first-order valence-electron chi connectivity index (χ1n) is 5.90. The SMILES string of the molecule is CCc1nnc(NC(=O)CSc2cc(C)[nH]c(=O)n2)s1. The summed E-state index contributed by atoms with van der Waals surface area (Å²) in [5, 5.41) is 12.3. The van der Waals surface area contributed by atoms with E-state index in [9.17, 15) is 9.59 Å². The Morgan fingerprint density at radius 1 is 1.50 bits per heavy atom. The van der Waals surface area contributed by atoms with Gasteiger partial charge < -0.3 is 4.98 Å². The molecule has 2 rings (SSSR count). The molecule has 0 saturated heterocycles. The Bertz CT molecular complexity index is 667. The molecule has 9 heteroatoms. The first-order valence-corrected chi connectivity index (χ1v) is 7.70. The molecule has 0 radical (unpaired) electrons. The minimum absolute atomic E-state index is 0.164. The van der Waals surface area contributed by atoms with Crippen LogP contribution in [0.2, 0.25) is 0 Å². The number of anilines is 1. The highest BCUT2D eigenvalue weighted by molar-refractivity contribution is 7.99. The highest BCUT2D eigenvalue weighted by atomic mass is 32.2. The first kappa shape index (κ1) is 14.7. The smallest absolute Gasteiger partial charge is 0.310 e. The van der Waals surface area contributed by atoms with Gasteiger partial charge in [0.15, 0.2) is 0 Å². The molecule has 2 aromatic heterocycles. The summed E-state index contributed by atoms with van der Waals surface area (Å²) in [5.41, 5.74) is 0.300. The van der Waals surface area contributed by atoms with Crippen molar-refractivity contribution in [2.24, 2.45) is 0 Å². The van der Waals surface area contributed by atoms with Crippen LogP contribution in [0.3, 0.4) is 0 Å². The van der Waals surface area contributed by atoms with E-state index in [4.69, 9.17) is 0 Å². The molecule has 0 aliphatic carbocycles. The van der Waals surface area contributed by atoms with E-state index in [1.807, 2.05) is 6.92 Å². The minimum Gasteiger partial charge on any atom is -0.310 e. The van der Waals surface area contributed by atoms with Gasteiger partial charge in [-0.3, -0.25) is 10.1 Å². The molecule has 0 unspecified atom stereocenters. The van der Waals surface area contributed by atoms with Crippen LogP contribution in [0, 0.1) is 6.92 Å². The van der Waals surface area contributed by atoms with E-state index in [2.05, 4.69) is 25.5 Å². The van der Waals surface area contributed by atoms with E-state index in [1.165, 1.54) is 23.1 Å². The Labute approximate surface area is 123 Å². The second-order valence-electron chi connectivity index (χ2n) is 3.90. The average Bonchev–Trinajstić information content (AvgIpc) is 2.83. The average molecular weight is 311 g/mol. The molecule has 106 valence electrons. The molecule has 0 atom stereocenters. The number of hydrogen-bond donors (Lipinski definition) is 2. The molecule has 20 heavy (non-hydrogen) atoms. The zero-order chi connectivity index (χ0) is 14.5. The number of nitrogens with zero attached hydrogens (tertiary/aromatic N) is 3. The van der Waals surface area contributed by atoms with Gasteiger partial charge in [0.2, 0.25) is 11.0 Å². The fraction of sp³-hybridized carbons (Fsp3) is 0.364. The van der Waals surface area contributed by atoms with E-state index >= 15 is 0 Å². The van der Waals surface area contributed by atoms with Crippen molar-refractivity contribution in [1.82, 2.24) is 20.2 Å². The number of nitrogens with one attached hydrogen (secondary N) is 2. The van der Waals surface area contributed by atoms with Gasteiger partial charge in [0.05, 0.1) is 5.75 Å². The second kappa shape index (κ2) is 6.62. The fourth-order valence-electron chi connectivity index (χ4n) is 1.37. The predicted octanol–water partition coefficient (Wildman–Crippen LogP) is 1.22. The molecule has 0 aromatic carbocycles. The molecular formula is C11H13N5O2S2. The van der Waals surface area contributed by atoms with Gasteiger partial charge in [-0.05, 0) is 19.4 Å². The zero-order valence-electron chi connectivity index (χ0n) is 11.0. The number of aromatic nitrogens is 4. The predicted molar refractivity (Wildman–Crippen MR) is 78.2 cm³/mol. The quantitative estimate of drug-likeness (QED) is 0.636. The van der Waals surface area contributed by atoms with Crippen LogP contribution in [0.15, 0.2) is 15.9 Å². The fourth-order valence-corrected chi connectivity index (χ4v) is 2.82. The number of rotatable bonds is 5. The summed E-state index contributed by atoms with van der Waals surface area (Å²) >= 11 is 2.56. The topological polar surface area (TPSA) is 101 Å². The van der Waals surface area contributed by atoms with Crippen LogP contribution in [0.5, 0.6) is 0 Å². The highest BCUT2D eigenvalue weighted by Gasteiger charge is 2.09. The molecule has 0 saturated carbocycles. The number of thioether (sulfide) groups is 1. The minimum atomic E-state index is -0.412. The molecule has 2 N–H and O–H groups in total. The van der Waals surface area contributed by atoms with Gasteiger partial charge >= 0.3 is 5.69 Å². The van der Waals surface area contributed by atoms with E-state index in [0.717, 1.165) is 11.4 Å². The molecular weight excluding hydrogens is 298 g/mol. The van der Waals surface area contributed by atoms with Crippen molar-refractivity contribution in [3.05, 3.63) is 27.3 Å². The third kappa shape index (κ3) is 4.14. The van der Waals surface area contributed by atoms with Crippen LogP contribution in [-0.4, -0.2) is 31.8 Å². The maximum Gasteiger partial charge on any atom is 0.346 e. The number of amides is 1. The number of H-pyrrole nitrogens is 1. The van der Waals surface area contributed by atoms with Crippen molar-refractivity contribution in [2.45, 2.75) is 25.3 Å². The molecule has 0 aliphatic heterocycles. The molecule has 0 aliphatic rings. The van der Waals surface area contributed by atoms with Crippen molar-refractivity contribution in [3.8, 4) is 0 Å². The molecule has 0 bridgehead atoms. The molecule has 2 heterocycles. The Balaban J connectivity index is 1.90. The molecule has 7 nitrogen and oxygen atoms in total. The van der Waals surface area contributed by atoms with Crippen molar-refractivity contribution in [1.29, 1.82) is 0 Å². The van der Waals surface area contributed by atoms with Crippen molar-refractivity contribution in [2.75, 3.05) is 11.1 Å². The second-order valence-corrected chi connectivity index (χ2v) is 5.96. The van der Waals surface area contributed by atoms with Crippen LogP contribution in [-0.2, 0) is 11.2 Å². The Morgan fingerprint density at radius 3 is 2.95 bits per heavy atom. The van der Waals surface area contributed by atoms with Gasteiger partial charge in [0, 0.05) is 5.69 Å². The van der Waals surface area contributed by atoms with E-state index < -0.39 is 5.69 Å². The van der Waals surface area contributed by atoms with Gasteiger partial charge in [0.25, 0.3) is 0 Å². The summed E-state index contributed by atoms with van der Waals surface area (Å²) in [7, 11) is 0. The van der Waals surface area contributed by atoms with E-state index in [-0.39, 0.29) is 11.7 Å². The zero-order valence-corrected chi connectivity index (χ0v) is 12.6. The standard InChI is InChI=1S/C11H13N5O2S2/c1-3-8-15-16-11(20-8)13-7(17)5-19-9-4-6(2)12-10(18)14-9/h4H,3,5H2,1-2H3,(H,12,14,18)(H,13,16,17). The maximum atomic E-state index is 11.7. The first-order chi connectivity index (χ1) is 9.56. The highest BCUT2D eigenvalue weighted by Crippen LogP contribution is 2.17. The molecule has 1 amide bonds. The summed E-state index contributed by atoms with van der Waals surface area (Å²) in [6.45, 7) is 3.74. The van der Waals surface area contributed by atoms with Crippen LogP contribution in [0.4, 0.5) is 5.13 Å². The van der Waals surface area contributed by atoms with Crippen molar-refractivity contribution in [3.63, 3.8) is 0 Å². The number of hydrogen-bond acceptors (Lipinski definition) is 7. The monoisotopic (exact) mass is 311 g/mol. The summed E-state index contributed by atoms with van der Waals surface area (Å²) in [6, 6.07) is 1.72. The van der Waals surface area contributed by atoms with Gasteiger partial charge in [-0.15, -0.1) is 10.2 Å². The summed E-state index contributed by atoms with van der Waals surface area (Å²) < 4.78 is 0. The van der Waals surface area contributed by atoms with Crippen LogP contribution in [0.1, 0.15) is 17.6 Å². The molecule has 0 spiro atoms. The Hall–Kier alpha value is -1.74. The van der Waals surface area contributed by atoms with E-state index in [1.54, 1.807) is 13.0 Å². The lowest BCUT2D eigenvalue weighted by Gasteiger charge is -2.01. The normalized spacial score (nSPS) is 10.5. The lowest BCUT2D eigenvalue weighted by molar-refractivity contribution is -0.113. The summed E-state index contributed by atoms with van der Waals surface area (Å²) in [6.07, 6.45) is 0.790. The van der Waals surface area contributed by atoms with Gasteiger partial charge in [-0.25, -0.2) is 4.79 Å². The summed E-state index contributed by atoms with van der Waals surface area (Å²) in [4.78, 5) is 29.3. The molecule has 2 aromatic rings. The third-order valence-corrected chi connectivity index (χ3v) is 4.12. The van der Waals surface area contributed by atoms with Gasteiger partial charge in [-0.2, -0.15) is 4.98 Å². The number of aryl methyl sites for hydroxylation is 2. The van der Waals surface area contributed by atoms with E-state index in [0.29, 0.717) is 15.9 Å². The largest absolute Gasteiger partial charge is 0.346 e. The third-order valence-electron chi connectivity index (χ3n) is 2.22. The van der Waals surface area contributed by atoms with Gasteiger partial charge in [0.1, 0.15) is 10.0 Å². The number of carbonyl (C=O) groups excluding carboxylic acids is 1.